The summed E-state index contributed by atoms with van der Waals surface area (Å²) in [5, 5.41) is 71.7. The van der Waals surface area contributed by atoms with E-state index in [1.807, 2.05) is 0 Å². The van der Waals surface area contributed by atoms with Crippen LogP contribution in [0, 0.1) is 5.41 Å². The summed E-state index contributed by atoms with van der Waals surface area (Å²) in [5.41, 5.74) is 10.3. The number of aliphatic hydroxyl groups is 7. The third kappa shape index (κ3) is 9.84. The number of aromatic nitrogens is 2. The van der Waals surface area contributed by atoms with Crippen molar-refractivity contribution in [3.05, 3.63) is 23.8 Å². The van der Waals surface area contributed by atoms with Gasteiger partial charge in [-0.2, -0.15) is 4.99 Å². The molecule has 1 aromatic rings. The Bertz CT molecular complexity index is 656. The lowest BCUT2D eigenvalue weighted by Crippen LogP contribution is -2.35. The van der Waals surface area contributed by atoms with Crippen molar-refractivity contribution in [3.8, 4) is 0 Å². The maximum absolute atomic E-state index is 9.74. The third-order valence-corrected chi connectivity index (χ3v) is 3.64. The number of nitrogens with two attached hydrogens (primary N) is 2. The standard InChI is InChI=1S/C12H20N2O7.C4H11N5/c15-4-9(18)8(17)1-6-2-14-7(3-13-6)11(20)12(21)10(19)5-16;1-9(2)4(7)8-3(5)6/h2-3,8-12,15-21H,1,4-5H2;1-2H3,(H5,5,6,7,8)/t8-,9+,10+,11+,12+;/m0./s1. The lowest BCUT2D eigenvalue weighted by Gasteiger charge is -2.21. The molecule has 5 atom stereocenters. The van der Waals surface area contributed by atoms with Crippen molar-refractivity contribution in [1.82, 2.24) is 14.9 Å². The molecule has 0 spiro atoms. The number of aliphatic hydroxyl groups excluding tert-OH is 7. The maximum Gasteiger partial charge on any atom is 0.220 e. The predicted molar refractivity (Wildman–Crippen MR) is 106 cm³/mol. The topological polar surface area (TPSA) is 259 Å². The number of hydrogen-bond acceptors (Lipinski definition) is 10. The summed E-state index contributed by atoms with van der Waals surface area (Å²) in [4.78, 5) is 12.7. The number of nitrogens with one attached hydrogen (secondary N) is 1. The number of aliphatic imine (C=N–C) groups is 1. The Balaban J connectivity index is 0.000000787. The number of rotatable bonds is 8. The second-order valence-corrected chi connectivity index (χ2v) is 6.39. The highest BCUT2D eigenvalue weighted by atomic mass is 16.4. The molecule has 0 aliphatic heterocycles. The normalized spacial score (nSPS) is 15.6. The van der Waals surface area contributed by atoms with Crippen LogP contribution < -0.4 is 11.5 Å². The molecule has 0 aromatic carbocycles. The van der Waals surface area contributed by atoms with Gasteiger partial charge in [-0.15, -0.1) is 0 Å². The molecule has 0 aliphatic carbocycles. The summed E-state index contributed by atoms with van der Waals surface area (Å²) in [6, 6.07) is 0. The molecule has 0 radical (unpaired) electrons. The van der Waals surface area contributed by atoms with Crippen LogP contribution in [0.5, 0.6) is 0 Å². The van der Waals surface area contributed by atoms with Crippen LogP contribution in [0.3, 0.4) is 0 Å². The monoisotopic (exact) mass is 433 g/mol. The van der Waals surface area contributed by atoms with Gasteiger partial charge in [0.15, 0.2) is 5.96 Å². The van der Waals surface area contributed by atoms with Crippen LogP contribution in [0.4, 0.5) is 0 Å². The Morgan fingerprint density at radius 2 is 1.57 bits per heavy atom. The van der Waals surface area contributed by atoms with Gasteiger partial charge < -0.3 is 52.1 Å². The molecule has 14 heteroatoms. The Labute approximate surface area is 173 Å². The van der Waals surface area contributed by atoms with E-state index >= 15 is 0 Å². The summed E-state index contributed by atoms with van der Waals surface area (Å²) in [6.45, 7) is -1.30. The molecule has 1 heterocycles. The van der Waals surface area contributed by atoms with Crippen molar-refractivity contribution < 1.29 is 35.7 Å². The smallest absolute Gasteiger partial charge is 0.220 e. The highest BCUT2D eigenvalue weighted by molar-refractivity contribution is 5.91. The van der Waals surface area contributed by atoms with Crippen molar-refractivity contribution in [2.45, 2.75) is 36.9 Å². The van der Waals surface area contributed by atoms with Gasteiger partial charge >= 0.3 is 0 Å². The van der Waals surface area contributed by atoms with Crippen LogP contribution in [0.1, 0.15) is 17.5 Å². The van der Waals surface area contributed by atoms with Gasteiger partial charge in [-0.3, -0.25) is 15.4 Å². The molecular weight excluding hydrogens is 402 g/mol. The zero-order chi connectivity index (χ0) is 23.4. The molecule has 12 N–H and O–H groups in total. The van der Waals surface area contributed by atoms with Gasteiger partial charge in [0.2, 0.25) is 5.96 Å². The summed E-state index contributed by atoms with van der Waals surface area (Å²) in [7, 11) is 3.38. The fourth-order valence-corrected chi connectivity index (χ4v) is 1.81. The van der Waals surface area contributed by atoms with E-state index in [0.717, 1.165) is 6.20 Å². The summed E-state index contributed by atoms with van der Waals surface area (Å²) in [6.07, 6.45) is -4.83. The summed E-state index contributed by atoms with van der Waals surface area (Å²) in [5.74, 6) is -0.0382. The first-order valence-electron chi connectivity index (χ1n) is 8.72. The fraction of sp³-hybridized carbons (Fsp3) is 0.625. The van der Waals surface area contributed by atoms with E-state index in [1.54, 1.807) is 14.1 Å². The van der Waals surface area contributed by atoms with Gasteiger partial charge in [-0.05, 0) is 0 Å². The number of hydrogen-bond donors (Lipinski definition) is 10. The maximum atomic E-state index is 9.74. The molecule has 1 rings (SSSR count). The van der Waals surface area contributed by atoms with E-state index in [9.17, 15) is 25.5 Å². The van der Waals surface area contributed by atoms with E-state index in [2.05, 4.69) is 15.0 Å². The highest BCUT2D eigenvalue weighted by Crippen LogP contribution is 2.16. The van der Waals surface area contributed by atoms with Crippen LogP contribution in [0.25, 0.3) is 0 Å². The molecule has 172 valence electrons. The number of guanidine groups is 2. The average Bonchev–Trinajstić information content (AvgIpc) is 2.71. The average molecular weight is 433 g/mol. The van der Waals surface area contributed by atoms with E-state index in [-0.39, 0.29) is 24.0 Å². The molecule has 14 nitrogen and oxygen atoms in total. The van der Waals surface area contributed by atoms with Crippen molar-refractivity contribution >= 4 is 11.9 Å². The van der Waals surface area contributed by atoms with Crippen LogP contribution in [-0.4, -0.2) is 114 Å². The second-order valence-electron chi connectivity index (χ2n) is 6.39. The number of nitrogens with zero attached hydrogens (tertiary/aromatic N) is 4. The fourth-order valence-electron chi connectivity index (χ4n) is 1.81. The first-order valence-corrected chi connectivity index (χ1v) is 8.72. The van der Waals surface area contributed by atoms with E-state index in [0.29, 0.717) is 5.69 Å². The molecule has 0 saturated heterocycles. The molecule has 1 aromatic heterocycles. The van der Waals surface area contributed by atoms with Crippen molar-refractivity contribution in [3.63, 3.8) is 0 Å². The minimum absolute atomic E-state index is 0.0176. The van der Waals surface area contributed by atoms with Crippen molar-refractivity contribution in [1.29, 1.82) is 5.41 Å². The summed E-state index contributed by atoms with van der Waals surface area (Å²) >= 11 is 0. The molecule has 0 amide bonds. The van der Waals surface area contributed by atoms with Gasteiger partial charge in [0.25, 0.3) is 0 Å². The first-order chi connectivity index (χ1) is 13.9. The van der Waals surface area contributed by atoms with Crippen molar-refractivity contribution in [2.24, 2.45) is 16.5 Å². The van der Waals surface area contributed by atoms with Crippen molar-refractivity contribution in [2.75, 3.05) is 27.3 Å². The zero-order valence-corrected chi connectivity index (χ0v) is 16.7. The van der Waals surface area contributed by atoms with Crippen LogP contribution in [0.15, 0.2) is 17.4 Å². The third-order valence-electron chi connectivity index (χ3n) is 3.64. The molecular formula is C16H31N7O7. The molecule has 0 bridgehead atoms. The molecule has 0 saturated carbocycles. The Morgan fingerprint density at radius 1 is 1.00 bits per heavy atom. The van der Waals surface area contributed by atoms with E-state index < -0.39 is 43.7 Å². The van der Waals surface area contributed by atoms with Gasteiger partial charge in [-0.25, -0.2) is 0 Å². The minimum atomic E-state index is -1.61. The van der Waals surface area contributed by atoms with Gasteiger partial charge in [0.1, 0.15) is 24.4 Å². The summed E-state index contributed by atoms with van der Waals surface area (Å²) < 4.78 is 0. The Kier molecular flexibility index (Phi) is 12.6. The minimum Gasteiger partial charge on any atom is -0.394 e. The van der Waals surface area contributed by atoms with Gasteiger partial charge in [0, 0.05) is 26.7 Å². The van der Waals surface area contributed by atoms with Gasteiger partial charge in [-0.1, -0.05) is 0 Å². The first kappa shape index (κ1) is 27.5. The predicted octanol–water partition coefficient (Wildman–Crippen LogP) is -4.76. The molecule has 0 aliphatic rings. The molecule has 0 fully saturated rings. The SMILES string of the molecule is CN(C)C(=N)N=C(N)N.OC[C@@H](O)[C@@H](O)[C@H](O)c1cnc(C[C@H](O)[C@H](O)CO)cn1. The Morgan fingerprint density at radius 3 is 1.93 bits per heavy atom. The molecule has 0 unspecified atom stereocenters. The van der Waals surface area contributed by atoms with Crippen LogP contribution >= 0.6 is 0 Å². The highest BCUT2D eigenvalue weighted by Gasteiger charge is 2.27. The lowest BCUT2D eigenvalue weighted by molar-refractivity contribution is -0.0790. The Hall–Kier alpha value is -2.46. The van der Waals surface area contributed by atoms with E-state index in [1.165, 1.54) is 11.1 Å². The quantitative estimate of drug-likeness (QED) is 0.137. The second kappa shape index (κ2) is 13.7. The van der Waals surface area contributed by atoms with Gasteiger partial charge in [0.05, 0.1) is 36.9 Å². The lowest BCUT2D eigenvalue weighted by atomic mass is 10.1. The molecule has 30 heavy (non-hydrogen) atoms. The van der Waals surface area contributed by atoms with Crippen LogP contribution in [-0.2, 0) is 6.42 Å². The zero-order valence-electron chi connectivity index (χ0n) is 16.7. The van der Waals surface area contributed by atoms with E-state index in [4.69, 9.17) is 27.1 Å². The largest absolute Gasteiger partial charge is 0.394 e. The van der Waals surface area contributed by atoms with Crippen LogP contribution in [0.2, 0.25) is 0 Å².